The molecule has 4 nitrogen and oxygen atoms in total. The van der Waals surface area contributed by atoms with Crippen LogP contribution in [0.5, 0.6) is 5.75 Å². The first-order chi connectivity index (χ1) is 10.5. The highest BCUT2D eigenvalue weighted by atomic mass is 35.5. The summed E-state index contributed by atoms with van der Waals surface area (Å²) in [6.07, 6.45) is 4.14. The molecule has 0 aliphatic carbocycles. The van der Waals surface area contributed by atoms with Crippen LogP contribution in [-0.4, -0.2) is 40.7 Å². The molecule has 0 aromatic heterocycles. The molecule has 1 atom stereocenters. The first kappa shape index (κ1) is 17.1. The third-order valence-corrected chi connectivity index (χ3v) is 4.80. The van der Waals surface area contributed by atoms with Gasteiger partial charge in [0.1, 0.15) is 5.75 Å². The topological polar surface area (TPSA) is 60.8 Å². The normalized spacial score (nSPS) is 21.9. The number of halogens is 1. The number of phenols is 1. The Balaban J connectivity index is 2.03. The number of nitrogens with zero attached hydrogens (tertiary/aromatic N) is 1. The minimum atomic E-state index is -0.144. The molecule has 1 aromatic rings. The van der Waals surface area contributed by atoms with Crippen molar-refractivity contribution < 1.29 is 15.0 Å². The molecule has 1 heterocycles. The number of piperidine rings is 1. The van der Waals surface area contributed by atoms with E-state index in [-0.39, 0.29) is 35.1 Å². The molecule has 1 aliphatic heterocycles. The standard InChI is InChI=1S/C17H24ClNO3/c1-2-6-17(12-20)7-3-8-19(11-17)16(22)10-13-4-5-15(21)14(18)9-13/h4-5,9,20-21H,2-3,6-8,10-12H2,1H3/t17-/m1/s1. The summed E-state index contributed by atoms with van der Waals surface area (Å²) in [7, 11) is 0. The molecule has 1 amide bonds. The summed E-state index contributed by atoms with van der Waals surface area (Å²) in [6, 6.07) is 4.86. The molecule has 0 radical (unpaired) electrons. The molecule has 1 aliphatic rings. The SMILES string of the molecule is CCC[C@@]1(CO)CCCN(C(=O)Cc2ccc(O)c(Cl)c2)C1. The van der Waals surface area contributed by atoms with Crippen LogP contribution in [0.15, 0.2) is 18.2 Å². The van der Waals surface area contributed by atoms with Crippen LogP contribution in [0.2, 0.25) is 5.02 Å². The summed E-state index contributed by atoms with van der Waals surface area (Å²) in [5, 5.41) is 19.4. The number of carbonyl (C=O) groups is 1. The Bertz CT molecular complexity index is 531. The zero-order valence-corrected chi connectivity index (χ0v) is 13.8. The van der Waals surface area contributed by atoms with Gasteiger partial charge in [-0.05, 0) is 37.0 Å². The van der Waals surface area contributed by atoms with E-state index >= 15 is 0 Å². The lowest BCUT2D eigenvalue weighted by Gasteiger charge is -2.42. The molecule has 22 heavy (non-hydrogen) atoms. The van der Waals surface area contributed by atoms with Gasteiger partial charge in [0.25, 0.3) is 0 Å². The summed E-state index contributed by atoms with van der Waals surface area (Å²) in [5.74, 6) is 0.0773. The fourth-order valence-electron chi connectivity index (χ4n) is 3.31. The molecule has 2 N–H and O–H groups in total. The van der Waals surface area contributed by atoms with E-state index in [0.717, 1.165) is 37.8 Å². The fourth-order valence-corrected chi connectivity index (χ4v) is 3.51. The van der Waals surface area contributed by atoms with Gasteiger partial charge < -0.3 is 15.1 Å². The van der Waals surface area contributed by atoms with Crippen molar-refractivity contribution in [3.63, 3.8) is 0 Å². The minimum absolute atomic E-state index is 0.0260. The van der Waals surface area contributed by atoms with Crippen molar-refractivity contribution in [3.05, 3.63) is 28.8 Å². The molecule has 2 rings (SSSR count). The Morgan fingerprint density at radius 1 is 1.45 bits per heavy atom. The second-order valence-electron chi connectivity index (χ2n) is 6.29. The van der Waals surface area contributed by atoms with Gasteiger partial charge in [-0.25, -0.2) is 0 Å². The van der Waals surface area contributed by atoms with Crippen LogP contribution < -0.4 is 0 Å². The molecule has 122 valence electrons. The third-order valence-electron chi connectivity index (χ3n) is 4.50. The van der Waals surface area contributed by atoms with Crippen molar-refractivity contribution in [2.24, 2.45) is 5.41 Å². The van der Waals surface area contributed by atoms with Gasteiger partial charge in [0.15, 0.2) is 0 Å². The number of carbonyl (C=O) groups excluding carboxylic acids is 1. The average molecular weight is 326 g/mol. The van der Waals surface area contributed by atoms with Gasteiger partial charge in [0.2, 0.25) is 5.91 Å². The second-order valence-corrected chi connectivity index (χ2v) is 6.70. The molecule has 5 heteroatoms. The monoisotopic (exact) mass is 325 g/mol. The predicted octanol–water partition coefficient (Wildman–Crippen LogP) is 2.99. The lowest BCUT2D eigenvalue weighted by Crippen LogP contribution is -2.48. The summed E-state index contributed by atoms with van der Waals surface area (Å²) in [5.41, 5.74) is 0.651. The highest BCUT2D eigenvalue weighted by Gasteiger charge is 2.35. The van der Waals surface area contributed by atoms with Gasteiger partial charge in [0.05, 0.1) is 18.1 Å². The van der Waals surface area contributed by atoms with E-state index in [1.54, 1.807) is 12.1 Å². The Morgan fingerprint density at radius 3 is 2.86 bits per heavy atom. The summed E-state index contributed by atoms with van der Waals surface area (Å²) in [6.45, 7) is 3.62. The van der Waals surface area contributed by atoms with Crippen molar-refractivity contribution in [2.45, 2.75) is 39.0 Å². The summed E-state index contributed by atoms with van der Waals surface area (Å²) in [4.78, 5) is 14.4. The quantitative estimate of drug-likeness (QED) is 0.875. The number of amides is 1. The van der Waals surface area contributed by atoms with Crippen LogP contribution in [0.1, 0.15) is 38.2 Å². The number of likely N-dealkylation sites (tertiary alicyclic amines) is 1. The average Bonchev–Trinajstić information content (AvgIpc) is 2.51. The van der Waals surface area contributed by atoms with E-state index in [9.17, 15) is 15.0 Å². The van der Waals surface area contributed by atoms with Crippen molar-refractivity contribution >= 4 is 17.5 Å². The summed E-state index contributed by atoms with van der Waals surface area (Å²) < 4.78 is 0. The number of phenolic OH excluding ortho intramolecular Hbond substituents is 1. The molecule has 1 saturated heterocycles. The van der Waals surface area contributed by atoms with Crippen molar-refractivity contribution in [3.8, 4) is 5.75 Å². The van der Waals surface area contributed by atoms with Gasteiger partial charge in [-0.15, -0.1) is 0 Å². The minimum Gasteiger partial charge on any atom is -0.506 e. The Hall–Kier alpha value is -1.26. The first-order valence-corrected chi connectivity index (χ1v) is 8.23. The Morgan fingerprint density at radius 2 is 2.23 bits per heavy atom. The van der Waals surface area contributed by atoms with Crippen molar-refractivity contribution in [1.29, 1.82) is 0 Å². The Labute approximate surface area is 136 Å². The molecule has 0 unspecified atom stereocenters. The van der Waals surface area contributed by atoms with Gasteiger partial charge in [-0.1, -0.05) is 31.0 Å². The zero-order chi connectivity index (χ0) is 16.2. The molecule has 0 bridgehead atoms. The molecular weight excluding hydrogens is 302 g/mol. The maximum Gasteiger partial charge on any atom is 0.227 e. The molecular formula is C17H24ClNO3. The van der Waals surface area contributed by atoms with Crippen LogP contribution in [0.25, 0.3) is 0 Å². The van der Waals surface area contributed by atoms with Crippen LogP contribution in [0, 0.1) is 5.41 Å². The fraction of sp³-hybridized carbons (Fsp3) is 0.588. The van der Waals surface area contributed by atoms with Gasteiger partial charge in [0, 0.05) is 18.5 Å². The number of aromatic hydroxyl groups is 1. The Kier molecular flexibility index (Phi) is 5.70. The second kappa shape index (κ2) is 7.34. The van der Waals surface area contributed by atoms with E-state index in [2.05, 4.69) is 6.92 Å². The van der Waals surface area contributed by atoms with Crippen LogP contribution in [0.3, 0.4) is 0 Å². The lowest BCUT2D eigenvalue weighted by molar-refractivity contribution is -0.135. The van der Waals surface area contributed by atoms with E-state index in [0.29, 0.717) is 6.54 Å². The highest BCUT2D eigenvalue weighted by Crippen LogP contribution is 2.34. The van der Waals surface area contributed by atoms with Gasteiger partial charge >= 0.3 is 0 Å². The van der Waals surface area contributed by atoms with Crippen molar-refractivity contribution in [2.75, 3.05) is 19.7 Å². The highest BCUT2D eigenvalue weighted by molar-refractivity contribution is 6.32. The zero-order valence-electron chi connectivity index (χ0n) is 13.0. The molecule has 0 saturated carbocycles. The first-order valence-electron chi connectivity index (χ1n) is 7.86. The molecule has 0 spiro atoms. The number of benzene rings is 1. The third kappa shape index (κ3) is 3.93. The van der Waals surface area contributed by atoms with Crippen LogP contribution in [0.4, 0.5) is 0 Å². The van der Waals surface area contributed by atoms with E-state index < -0.39 is 0 Å². The number of aliphatic hydroxyl groups excluding tert-OH is 1. The van der Waals surface area contributed by atoms with Crippen LogP contribution in [-0.2, 0) is 11.2 Å². The van der Waals surface area contributed by atoms with E-state index in [1.165, 1.54) is 6.07 Å². The maximum atomic E-state index is 12.5. The van der Waals surface area contributed by atoms with E-state index in [4.69, 9.17) is 11.6 Å². The van der Waals surface area contributed by atoms with E-state index in [1.807, 2.05) is 4.90 Å². The van der Waals surface area contributed by atoms with Gasteiger partial charge in [-0.3, -0.25) is 4.79 Å². The number of aliphatic hydroxyl groups is 1. The number of hydrogen-bond acceptors (Lipinski definition) is 3. The van der Waals surface area contributed by atoms with Crippen LogP contribution >= 0.6 is 11.6 Å². The molecule has 1 fully saturated rings. The van der Waals surface area contributed by atoms with Crippen molar-refractivity contribution in [1.82, 2.24) is 4.90 Å². The lowest BCUT2D eigenvalue weighted by atomic mass is 9.77. The number of rotatable bonds is 5. The summed E-state index contributed by atoms with van der Waals surface area (Å²) >= 11 is 5.88. The predicted molar refractivity (Wildman–Crippen MR) is 87.1 cm³/mol. The smallest absolute Gasteiger partial charge is 0.227 e. The molecule has 1 aromatic carbocycles. The number of hydrogen-bond donors (Lipinski definition) is 2. The largest absolute Gasteiger partial charge is 0.506 e. The van der Waals surface area contributed by atoms with Gasteiger partial charge in [-0.2, -0.15) is 0 Å². The maximum absolute atomic E-state index is 12.5.